The average molecular weight is 316 g/mol. The summed E-state index contributed by atoms with van der Waals surface area (Å²) in [6.07, 6.45) is 4.57. The molecule has 0 aromatic heterocycles. The van der Waals surface area contributed by atoms with Crippen LogP contribution in [0.15, 0.2) is 59.8 Å². The van der Waals surface area contributed by atoms with Crippen molar-refractivity contribution in [3.63, 3.8) is 0 Å². The number of ether oxygens (including phenoxy) is 1. The maximum atomic E-state index is 12.0. The molecule has 0 fully saturated rings. The second kappa shape index (κ2) is 6.74. The molecule has 0 amide bonds. The van der Waals surface area contributed by atoms with Crippen molar-refractivity contribution in [2.45, 2.75) is 13.3 Å². The molecule has 1 aliphatic heterocycles. The Kier molecular flexibility index (Phi) is 4.75. The van der Waals surface area contributed by atoms with E-state index >= 15 is 0 Å². The highest BCUT2D eigenvalue weighted by molar-refractivity contribution is 5.98. The molecule has 4 N–H and O–H groups in total. The zero-order valence-electron chi connectivity index (χ0n) is 12.4. The third-order valence-electron chi connectivity index (χ3n) is 3.18. The number of aliphatic hydroxyl groups is 2. The Bertz CT molecular complexity index is 752. The molecule has 0 saturated carbocycles. The second-order valence-electron chi connectivity index (χ2n) is 4.83. The summed E-state index contributed by atoms with van der Waals surface area (Å²) in [4.78, 5) is 12.0. The highest BCUT2D eigenvalue weighted by Crippen LogP contribution is 2.33. The molecule has 1 heterocycles. The predicted molar refractivity (Wildman–Crippen MR) is 83.6 cm³/mol. The van der Waals surface area contributed by atoms with E-state index in [9.17, 15) is 25.2 Å². The van der Waals surface area contributed by atoms with Gasteiger partial charge in [-0.05, 0) is 31.2 Å². The Morgan fingerprint density at radius 3 is 2.61 bits per heavy atom. The number of rotatable bonds is 2. The van der Waals surface area contributed by atoms with E-state index in [4.69, 9.17) is 4.74 Å². The van der Waals surface area contributed by atoms with Gasteiger partial charge in [-0.2, -0.15) is 0 Å². The average Bonchev–Trinajstić information content (AvgIpc) is 2.68. The maximum absolute atomic E-state index is 12.0. The van der Waals surface area contributed by atoms with Crippen LogP contribution in [0.1, 0.15) is 18.9 Å². The molecular weight excluding hydrogens is 300 g/mol. The van der Waals surface area contributed by atoms with Gasteiger partial charge in [0.25, 0.3) is 0 Å². The van der Waals surface area contributed by atoms with Gasteiger partial charge >= 0.3 is 0 Å². The summed E-state index contributed by atoms with van der Waals surface area (Å²) in [5, 5.41) is 37.9. The fourth-order valence-electron chi connectivity index (χ4n) is 1.95. The standard InChI is InChI=1S/C17H16O6/c1-2-12(19)7-17-11(9-18)5-13(20)8-16(23-17)10-3-4-14(21)15(22)6-10/h2-4,6-9,18-19,21-22H,5H2,1H3/b11-9+,12-2+,17-7+. The van der Waals surface area contributed by atoms with Gasteiger partial charge in [-0.1, -0.05) is 0 Å². The number of aliphatic hydroxyl groups excluding tert-OH is 2. The van der Waals surface area contributed by atoms with Crippen LogP contribution in [0.5, 0.6) is 11.5 Å². The lowest BCUT2D eigenvalue weighted by Gasteiger charge is -2.12. The second-order valence-corrected chi connectivity index (χ2v) is 4.83. The molecule has 2 rings (SSSR count). The Hall–Kier alpha value is -3.15. The van der Waals surface area contributed by atoms with E-state index in [0.29, 0.717) is 5.56 Å². The lowest BCUT2D eigenvalue weighted by atomic mass is 10.1. The molecule has 0 unspecified atom stereocenters. The predicted octanol–water partition coefficient (Wildman–Crippen LogP) is 3.22. The summed E-state index contributed by atoms with van der Waals surface area (Å²) in [6.45, 7) is 1.62. The normalized spacial score (nSPS) is 19.4. The fourth-order valence-corrected chi connectivity index (χ4v) is 1.95. The van der Waals surface area contributed by atoms with Crippen LogP contribution in [-0.2, 0) is 9.53 Å². The monoisotopic (exact) mass is 316 g/mol. The van der Waals surface area contributed by atoms with Crippen molar-refractivity contribution in [3.05, 3.63) is 65.3 Å². The molecule has 6 heteroatoms. The summed E-state index contributed by atoms with van der Waals surface area (Å²) in [5.74, 6) is -0.848. The van der Waals surface area contributed by atoms with Crippen LogP contribution >= 0.6 is 0 Å². The summed E-state index contributed by atoms with van der Waals surface area (Å²) in [6, 6.07) is 3.98. The molecule has 0 aliphatic carbocycles. The lowest BCUT2D eigenvalue weighted by Crippen LogP contribution is -1.97. The van der Waals surface area contributed by atoms with E-state index in [0.717, 1.165) is 6.26 Å². The first-order valence-electron chi connectivity index (χ1n) is 6.80. The number of carbonyl (C=O) groups is 1. The van der Waals surface area contributed by atoms with Crippen molar-refractivity contribution >= 4 is 11.5 Å². The molecular formula is C17H16O6. The van der Waals surface area contributed by atoms with Crippen LogP contribution in [0.4, 0.5) is 0 Å². The zero-order chi connectivity index (χ0) is 17.0. The van der Waals surface area contributed by atoms with Crippen molar-refractivity contribution in [1.82, 2.24) is 0 Å². The summed E-state index contributed by atoms with van der Waals surface area (Å²) < 4.78 is 5.62. The van der Waals surface area contributed by atoms with E-state index in [2.05, 4.69) is 0 Å². The minimum atomic E-state index is -0.358. The number of phenolic OH excluding ortho intramolecular Hbond substituents is 2. The number of benzene rings is 1. The van der Waals surface area contributed by atoms with Crippen LogP contribution in [0, 0.1) is 0 Å². The lowest BCUT2D eigenvalue weighted by molar-refractivity contribution is -0.113. The van der Waals surface area contributed by atoms with E-state index in [1.807, 2.05) is 0 Å². The topological polar surface area (TPSA) is 107 Å². The molecule has 0 bridgehead atoms. The summed E-state index contributed by atoms with van der Waals surface area (Å²) >= 11 is 0. The smallest absolute Gasteiger partial charge is 0.164 e. The Balaban J connectivity index is 2.49. The third kappa shape index (κ3) is 3.74. The zero-order valence-corrected chi connectivity index (χ0v) is 12.4. The number of allylic oxidation sites excluding steroid dienone is 4. The molecule has 1 aromatic carbocycles. The van der Waals surface area contributed by atoms with Gasteiger partial charge in [-0.15, -0.1) is 0 Å². The highest BCUT2D eigenvalue weighted by Gasteiger charge is 2.21. The fraction of sp³-hybridized carbons (Fsp3) is 0.118. The van der Waals surface area contributed by atoms with Crippen LogP contribution in [0.3, 0.4) is 0 Å². The molecule has 1 aromatic rings. The number of ketones is 1. The molecule has 6 nitrogen and oxygen atoms in total. The SMILES string of the molecule is C\C=C(O)/C=C1/OC(c2ccc(O)c(O)c2)=CC(=O)C/C1=C\O. The van der Waals surface area contributed by atoms with Gasteiger partial charge in [0, 0.05) is 29.7 Å². The molecule has 0 saturated heterocycles. The number of phenols is 2. The molecule has 23 heavy (non-hydrogen) atoms. The van der Waals surface area contributed by atoms with Gasteiger partial charge in [-0.3, -0.25) is 4.79 Å². The van der Waals surface area contributed by atoms with Crippen LogP contribution in [0.2, 0.25) is 0 Å². The van der Waals surface area contributed by atoms with E-state index in [1.165, 1.54) is 36.4 Å². The van der Waals surface area contributed by atoms with E-state index in [1.54, 1.807) is 6.92 Å². The first-order chi connectivity index (χ1) is 10.9. The Morgan fingerprint density at radius 2 is 2.00 bits per heavy atom. The van der Waals surface area contributed by atoms with Gasteiger partial charge < -0.3 is 25.2 Å². The maximum Gasteiger partial charge on any atom is 0.164 e. The number of hydrogen-bond acceptors (Lipinski definition) is 6. The summed E-state index contributed by atoms with van der Waals surface area (Å²) in [7, 11) is 0. The Labute approximate surface area is 132 Å². The number of hydrogen-bond donors (Lipinski definition) is 4. The van der Waals surface area contributed by atoms with E-state index in [-0.39, 0.29) is 46.6 Å². The van der Waals surface area contributed by atoms with Crippen LogP contribution < -0.4 is 0 Å². The van der Waals surface area contributed by atoms with Crippen LogP contribution in [0.25, 0.3) is 5.76 Å². The number of carbonyl (C=O) groups excluding carboxylic acids is 1. The van der Waals surface area contributed by atoms with Crippen molar-refractivity contribution in [2.75, 3.05) is 0 Å². The van der Waals surface area contributed by atoms with Crippen molar-refractivity contribution in [3.8, 4) is 11.5 Å². The van der Waals surface area contributed by atoms with Crippen molar-refractivity contribution in [1.29, 1.82) is 0 Å². The van der Waals surface area contributed by atoms with Gasteiger partial charge in [0.2, 0.25) is 0 Å². The molecule has 0 radical (unpaired) electrons. The molecule has 0 spiro atoms. The first kappa shape index (κ1) is 16.2. The van der Waals surface area contributed by atoms with Gasteiger partial charge in [0.15, 0.2) is 17.3 Å². The molecule has 1 aliphatic rings. The van der Waals surface area contributed by atoms with Crippen molar-refractivity contribution in [2.24, 2.45) is 0 Å². The molecule has 120 valence electrons. The van der Waals surface area contributed by atoms with Gasteiger partial charge in [0.1, 0.15) is 17.3 Å². The Morgan fingerprint density at radius 1 is 1.26 bits per heavy atom. The van der Waals surface area contributed by atoms with Crippen molar-refractivity contribution < 1.29 is 30.0 Å². The van der Waals surface area contributed by atoms with Crippen LogP contribution in [-0.4, -0.2) is 26.2 Å². The quantitative estimate of drug-likeness (QED) is 0.493. The minimum absolute atomic E-state index is 0.0957. The third-order valence-corrected chi connectivity index (χ3v) is 3.18. The van der Waals surface area contributed by atoms with Gasteiger partial charge in [-0.25, -0.2) is 0 Å². The van der Waals surface area contributed by atoms with E-state index < -0.39 is 0 Å². The first-order valence-corrected chi connectivity index (χ1v) is 6.80. The minimum Gasteiger partial charge on any atom is -0.515 e. The van der Waals surface area contributed by atoms with Gasteiger partial charge in [0.05, 0.1) is 6.26 Å². The number of aromatic hydroxyl groups is 2. The molecule has 0 atom stereocenters. The highest BCUT2D eigenvalue weighted by atomic mass is 16.5. The summed E-state index contributed by atoms with van der Waals surface area (Å²) in [5.41, 5.74) is 0.566. The largest absolute Gasteiger partial charge is 0.515 e.